The SMILES string of the molecule is CCCCCCCCCCCCc1ccc(NS(=O)(=O)c2ccccc2C(=O)O)cc1. The highest BCUT2D eigenvalue weighted by atomic mass is 32.2. The molecule has 2 aromatic carbocycles. The molecule has 0 radical (unpaired) electrons. The Hall–Kier alpha value is -2.34. The number of anilines is 1. The van der Waals surface area contributed by atoms with Gasteiger partial charge in [0.1, 0.15) is 4.90 Å². The number of hydrogen-bond donors (Lipinski definition) is 2. The van der Waals surface area contributed by atoms with Gasteiger partial charge in [0.2, 0.25) is 0 Å². The molecule has 170 valence electrons. The number of unbranched alkanes of at least 4 members (excludes halogenated alkanes) is 9. The molecule has 0 aliphatic heterocycles. The molecule has 0 atom stereocenters. The van der Waals surface area contributed by atoms with Crippen molar-refractivity contribution in [3.8, 4) is 0 Å². The molecule has 0 saturated carbocycles. The number of benzene rings is 2. The van der Waals surface area contributed by atoms with Gasteiger partial charge in [0.25, 0.3) is 10.0 Å². The fraction of sp³-hybridized carbons (Fsp3) is 0.480. The second-order valence-corrected chi connectivity index (χ2v) is 9.69. The van der Waals surface area contributed by atoms with Crippen molar-refractivity contribution < 1.29 is 18.3 Å². The van der Waals surface area contributed by atoms with Crippen LogP contribution in [0.2, 0.25) is 0 Å². The van der Waals surface area contributed by atoms with Crippen molar-refractivity contribution in [1.29, 1.82) is 0 Å². The van der Waals surface area contributed by atoms with Gasteiger partial charge in [-0.05, 0) is 42.7 Å². The normalized spacial score (nSPS) is 11.4. The van der Waals surface area contributed by atoms with Gasteiger partial charge in [-0.15, -0.1) is 0 Å². The van der Waals surface area contributed by atoms with Crippen LogP contribution in [0.25, 0.3) is 0 Å². The maximum Gasteiger partial charge on any atom is 0.337 e. The summed E-state index contributed by atoms with van der Waals surface area (Å²) in [5, 5.41) is 9.23. The number of hydrogen-bond acceptors (Lipinski definition) is 3. The molecular weight excluding hydrogens is 410 g/mol. The van der Waals surface area contributed by atoms with Gasteiger partial charge < -0.3 is 5.11 Å². The third-order valence-corrected chi connectivity index (χ3v) is 6.87. The molecule has 0 bridgehead atoms. The van der Waals surface area contributed by atoms with Crippen LogP contribution in [0.1, 0.15) is 87.1 Å². The van der Waals surface area contributed by atoms with Gasteiger partial charge in [-0.3, -0.25) is 4.72 Å². The van der Waals surface area contributed by atoms with E-state index >= 15 is 0 Å². The van der Waals surface area contributed by atoms with Gasteiger partial charge in [-0.2, -0.15) is 0 Å². The monoisotopic (exact) mass is 445 g/mol. The summed E-state index contributed by atoms with van der Waals surface area (Å²) >= 11 is 0. The second kappa shape index (κ2) is 13.2. The average Bonchev–Trinajstić information content (AvgIpc) is 2.76. The van der Waals surface area contributed by atoms with Crippen LogP contribution in [-0.4, -0.2) is 19.5 Å². The molecule has 0 aliphatic carbocycles. The summed E-state index contributed by atoms with van der Waals surface area (Å²) in [7, 11) is -3.97. The minimum absolute atomic E-state index is 0.239. The van der Waals surface area contributed by atoms with E-state index in [1.54, 1.807) is 12.1 Å². The predicted octanol–water partition coefficient (Wildman–Crippen LogP) is 6.65. The summed E-state index contributed by atoms with van der Waals surface area (Å²) in [6.45, 7) is 2.24. The van der Waals surface area contributed by atoms with Crippen LogP contribution in [0.15, 0.2) is 53.4 Å². The first-order valence-electron chi connectivity index (χ1n) is 11.4. The Labute approximate surface area is 186 Å². The quantitative estimate of drug-likeness (QED) is 0.301. The van der Waals surface area contributed by atoms with Gasteiger partial charge in [0, 0.05) is 5.69 Å². The van der Waals surface area contributed by atoms with E-state index in [9.17, 15) is 18.3 Å². The zero-order valence-corrected chi connectivity index (χ0v) is 19.3. The van der Waals surface area contributed by atoms with E-state index in [2.05, 4.69) is 11.6 Å². The highest BCUT2D eigenvalue weighted by Gasteiger charge is 2.21. The van der Waals surface area contributed by atoms with Crippen molar-refractivity contribution in [3.63, 3.8) is 0 Å². The molecule has 0 saturated heterocycles. The summed E-state index contributed by atoms with van der Waals surface area (Å²) in [5.74, 6) is -1.27. The molecule has 0 fully saturated rings. The molecule has 5 nitrogen and oxygen atoms in total. The Kier molecular flexibility index (Phi) is 10.6. The van der Waals surface area contributed by atoms with Crippen LogP contribution in [-0.2, 0) is 16.4 Å². The summed E-state index contributed by atoms with van der Waals surface area (Å²) in [6, 6.07) is 12.9. The largest absolute Gasteiger partial charge is 0.478 e. The number of aryl methyl sites for hydroxylation is 1. The molecule has 0 heterocycles. The number of carbonyl (C=O) groups is 1. The molecule has 0 aromatic heterocycles. The van der Waals surface area contributed by atoms with E-state index in [1.165, 1.54) is 87.6 Å². The van der Waals surface area contributed by atoms with Gasteiger partial charge in [0.15, 0.2) is 0 Å². The number of rotatable bonds is 15. The predicted molar refractivity (Wildman–Crippen MR) is 126 cm³/mol. The Morgan fingerprint density at radius 3 is 1.94 bits per heavy atom. The molecule has 0 amide bonds. The van der Waals surface area contributed by atoms with Gasteiger partial charge in [-0.1, -0.05) is 89.0 Å². The number of sulfonamides is 1. The lowest BCUT2D eigenvalue weighted by Crippen LogP contribution is -2.16. The van der Waals surface area contributed by atoms with E-state index in [0.29, 0.717) is 5.69 Å². The lowest BCUT2D eigenvalue weighted by Gasteiger charge is -2.11. The standard InChI is InChI=1S/C25H35NO4S/c1-2-3-4-5-6-7-8-9-10-11-14-21-17-19-22(20-18-21)26-31(29,30)24-16-13-12-15-23(24)25(27)28/h12-13,15-20,26H,2-11,14H2,1H3,(H,27,28). The van der Waals surface area contributed by atoms with Crippen molar-refractivity contribution in [2.75, 3.05) is 4.72 Å². The minimum atomic E-state index is -3.97. The number of nitrogens with one attached hydrogen (secondary N) is 1. The highest BCUT2D eigenvalue weighted by Crippen LogP contribution is 2.21. The van der Waals surface area contributed by atoms with Gasteiger partial charge in [0.05, 0.1) is 5.56 Å². The van der Waals surface area contributed by atoms with Crippen molar-refractivity contribution in [3.05, 3.63) is 59.7 Å². The first-order chi connectivity index (χ1) is 14.9. The van der Waals surface area contributed by atoms with E-state index in [-0.39, 0.29) is 10.5 Å². The molecule has 31 heavy (non-hydrogen) atoms. The van der Waals surface area contributed by atoms with Crippen LogP contribution in [0.4, 0.5) is 5.69 Å². The zero-order chi connectivity index (χ0) is 22.5. The number of carboxylic acids is 1. The van der Waals surface area contributed by atoms with Crippen LogP contribution in [0.3, 0.4) is 0 Å². The number of aromatic carboxylic acids is 1. The van der Waals surface area contributed by atoms with E-state index in [0.717, 1.165) is 12.8 Å². The molecule has 6 heteroatoms. The Balaban J connectivity index is 1.75. The van der Waals surface area contributed by atoms with E-state index in [4.69, 9.17) is 0 Å². The van der Waals surface area contributed by atoms with Crippen molar-refractivity contribution in [2.45, 2.75) is 82.4 Å². The Morgan fingerprint density at radius 2 is 1.35 bits per heavy atom. The lowest BCUT2D eigenvalue weighted by molar-refractivity contribution is 0.0692. The van der Waals surface area contributed by atoms with E-state index in [1.807, 2.05) is 12.1 Å². The second-order valence-electron chi connectivity index (χ2n) is 8.04. The van der Waals surface area contributed by atoms with Crippen LogP contribution in [0, 0.1) is 0 Å². The molecule has 2 N–H and O–H groups in total. The van der Waals surface area contributed by atoms with Gasteiger partial charge >= 0.3 is 5.97 Å². The maximum absolute atomic E-state index is 12.6. The van der Waals surface area contributed by atoms with Crippen molar-refractivity contribution in [2.24, 2.45) is 0 Å². The van der Waals surface area contributed by atoms with Crippen molar-refractivity contribution in [1.82, 2.24) is 0 Å². The highest BCUT2D eigenvalue weighted by molar-refractivity contribution is 7.92. The third-order valence-electron chi connectivity index (χ3n) is 5.43. The summed E-state index contributed by atoms with van der Waals surface area (Å²) in [6.07, 6.45) is 14.0. The maximum atomic E-state index is 12.6. The topological polar surface area (TPSA) is 83.5 Å². The smallest absolute Gasteiger partial charge is 0.337 e. The summed E-state index contributed by atoms with van der Waals surface area (Å²) in [5.41, 5.74) is 1.35. The Morgan fingerprint density at radius 1 is 0.806 bits per heavy atom. The fourth-order valence-corrected chi connectivity index (χ4v) is 4.90. The molecular formula is C25H35NO4S. The average molecular weight is 446 g/mol. The van der Waals surface area contributed by atoms with Crippen LogP contribution < -0.4 is 4.72 Å². The molecule has 2 aromatic rings. The molecule has 0 unspecified atom stereocenters. The van der Waals surface area contributed by atoms with Crippen LogP contribution >= 0.6 is 0 Å². The van der Waals surface area contributed by atoms with Crippen molar-refractivity contribution >= 4 is 21.7 Å². The molecule has 0 spiro atoms. The Bertz CT molecular complexity index is 907. The number of carboxylic acid groups (broad SMARTS) is 1. The minimum Gasteiger partial charge on any atom is -0.478 e. The first-order valence-corrected chi connectivity index (χ1v) is 12.9. The molecule has 0 aliphatic rings. The fourth-order valence-electron chi connectivity index (χ4n) is 3.64. The summed E-state index contributed by atoms with van der Waals surface area (Å²) < 4.78 is 27.7. The zero-order valence-electron chi connectivity index (χ0n) is 18.5. The third kappa shape index (κ3) is 8.74. The lowest BCUT2D eigenvalue weighted by atomic mass is 10.0. The van der Waals surface area contributed by atoms with Crippen LogP contribution in [0.5, 0.6) is 0 Å². The van der Waals surface area contributed by atoms with Gasteiger partial charge in [-0.25, -0.2) is 13.2 Å². The first kappa shape index (κ1) is 24.9. The van der Waals surface area contributed by atoms with E-state index < -0.39 is 16.0 Å². The molecule has 2 rings (SSSR count). The summed E-state index contributed by atoms with van der Waals surface area (Å²) in [4.78, 5) is 11.1.